The summed E-state index contributed by atoms with van der Waals surface area (Å²) in [5.74, 6) is 1.89. The summed E-state index contributed by atoms with van der Waals surface area (Å²) < 4.78 is 13.4. The fourth-order valence-electron chi connectivity index (χ4n) is 2.46. The van der Waals surface area contributed by atoms with E-state index in [1.54, 1.807) is 12.3 Å². The SMILES string of the molecule is C#CCCC1(CCNC(=O)c2cncc3ccc(F)cc23)N=N1. The van der Waals surface area contributed by atoms with Crippen LogP contribution < -0.4 is 5.32 Å². The van der Waals surface area contributed by atoms with E-state index in [1.807, 2.05) is 0 Å². The van der Waals surface area contributed by atoms with Gasteiger partial charge >= 0.3 is 0 Å². The molecular weight excluding hydrogens is 295 g/mol. The van der Waals surface area contributed by atoms with E-state index in [1.165, 1.54) is 18.3 Å². The molecule has 0 atom stereocenters. The van der Waals surface area contributed by atoms with Crippen molar-refractivity contribution in [2.75, 3.05) is 6.54 Å². The van der Waals surface area contributed by atoms with Crippen LogP contribution in [0.2, 0.25) is 0 Å². The van der Waals surface area contributed by atoms with Crippen LogP contribution in [0.4, 0.5) is 4.39 Å². The standard InChI is InChI=1S/C17H15FN4O/c1-2-3-6-17(21-22-17)7-8-20-16(23)15-11-19-10-12-4-5-13(18)9-14(12)15/h1,4-5,9-11H,3,6-8H2,(H,20,23). The first-order chi connectivity index (χ1) is 11.1. The van der Waals surface area contributed by atoms with Gasteiger partial charge in [0.15, 0.2) is 5.66 Å². The summed E-state index contributed by atoms with van der Waals surface area (Å²) in [6.07, 6.45) is 10.2. The molecule has 1 aliphatic rings. The van der Waals surface area contributed by atoms with Crippen LogP contribution in [0.5, 0.6) is 0 Å². The van der Waals surface area contributed by atoms with Gasteiger partial charge in [0.05, 0.1) is 5.56 Å². The Kier molecular flexibility index (Phi) is 4.02. The summed E-state index contributed by atoms with van der Waals surface area (Å²) in [6.45, 7) is 0.419. The third kappa shape index (κ3) is 3.34. The van der Waals surface area contributed by atoms with Gasteiger partial charge in [0.25, 0.3) is 5.91 Å². The minimum absolute atomic E-state index is 0.290. The fourth-order valence-corrected chi connectivity index (χ4v) is 2.46. The largest absolute Gasteiger partial charge is 0.352 e. The van der Waals surface area contributed by atoms with Gasteiger partial charge in [-0.1, -0.05) is 0 Å². The van der Waals surface area contributed by atoms with Crippen LogP contribution in [0.1, 0.15) is 29.6 Å². The average molecular weight is 310 g/mol. The quantitative estimate of drug-likeness (QED) is 0.833. The molecule has 1 aromatic heterocycles. The van der Waals surface area contributed by atoms with Gasteiger partial charge in [0.1, 0.15) is 5.82 Å². The number of hydrogen-bond donors (Lipinski definition) is 1. The number of carbonyl (C=O) groups excluding carboxylic acids is 1. The van der Waals surface area contributed by atoms with Crippen molar-refractivity contribution in [2.45, 2.75) is 24.9 Å². The number of nitrogens with one attached hydrogen (secondary N) is 1. The number of fused-ring (bicyclic) bond motifs is 1. The third-order valence-electron chi connectivity index (χ3n) is 3.83. The molecular formula is C17H15FN4O. The highest BCUT2D eigenvalue weighted by molar-refractivity contribution is 6.06. The van der Waals surface area contributed by atoms with E-state index >= 15 is 0 Å². The zero-order valence-electron chi connectivity index (χ0n) is 12.4. The van der Waals surface area contributed by atoms with Crippen molar-refractivity contribution in [3.63, 3.8) is 0 Å². The summed E-state index contributed by atoms with van der Waals surface area (Å²) in [7, 11) is 0. The molecule has 0 saturated carbocycles. The van der Waals surface area contributed by atoms with E-state index < -0.39 is 5.66 Å². The molecule has 1 amide bonds. The first-order valence-corrected chi connectivity index (χ1v) is 7.32. The number of hydrogen-bond acceptors (Lipinski definition) is 4. The normalized spacial score (nSPS) is 14.4. The molecule has 2 aromatic rings. The summed E-state index contributed by atoms with van der Waals surface area (Å²) in [5.41, 5.74) is -0.0766. The molecule has 0 bridgehead atoms. The highest BCUT2D eigenvalue weighted by atomic mass is 19.1. The van der Waals surface area contributed by atoms with Crippen molar-refractivity contribution in [2.24, 2.45) is 10.2 Å². The minimum Gasteiger partial charge on any atom is -0.352 e. The molecule has 0 fully saturated rings. The summed E-state index contributed by atoms with van der Waals surface area (Å²) in [5, 5.41) is 12.1. The highest BCUT2D eigenvalue weighted by Gasteiger charge is 2.38. The Hall–Kier alpha value is -2.81. The molecule has 1 N–H and O–H groups in total. The molecule has 23 heavy (non-hydrogen) atoms. The Labute approximate surface area is 133 Å². The van der Waals surface area contributed by atoms with Crippen LogP contribution in [-0.4, -0.2) is 23.1 Å². The molecule has 0 saturated heterocycles. The summed E-state index contributed by atoms with van der Waals surface area (Å²) in [6, 6.07) is 4.29. The number of aromatic nitrogens is 1. The molecule has 116 valence electrons. The molecule has 1 aromatic carbocycles. The zero-order valence-corrected chi connectivity index (χ0v) is 12.4. The lowest BCUT2D eigenvalue weighted by Crippen LogP contribution is -2.28. The van der Waals surface area contributed by atoms with E-state index in [0.29, 0.717) is 36.8 Å². The van der Waals surface area contributed by atoms with Crippen LogP contribution in [0, 0.1) is 18.2 Å². The number of halogens is 1. The topological polar surface area (TPSA) is 66.7 Å². The molecule has 2 heterocycles. The second-order valence-corrected chi connectivity index (χ2v) is 5.44. The average Bonchev–Trinajstić information content (AvgIpc) is 3.32. The molecule has 5 nitrogen and oxygen atoms in total. The lowest BCUT2D eigenvalue weighted by molar-refractivity contribution is 0.0953. The monoisotopic (exact) mass is 310 g/mol. The van der Waals surface area contributed by atoms with E-state index in [2.05, 4.69) is 26.4 Å². The van der Waals surface area contributed by atoms with Crippen LogP contribution >= 0.6 is 0 Å². The molecule has 0 aliphatic carbocycles. The molecule has 6 heteroatoms. The van der Waals surface area contributed by atoms with Crippen molar-refractivity contribution >= 4 is 16.7 Å². The fraction of sp³-hybridized carbons (Fsp3) is 0.294. The Bertz CT molecular complexity index is 819. The van der Waals surface area contributed by atoms with Crippen LogP contribution in [0.15, 0.2) is 40.8 Å². The lowest BCUT2D eigenvalue weighted by atomic mass is 10.0. The number of pyridine rings is 1. The van der Waals surface area contributed by atoms with Gasteiger partial charge in [0.2, 0.25) is 0 Å². The van der Waals surface area contributed by atoms with Crippen LogP contribution in [0.25, 0.3) is 10.8 Å². The van der Waals surface area contributed by atoms with Gasteiger partial charge in [-0.25, -0.2) is 4.39 Å². The molecule has 0 unspecified atom stereocenters. The van der Waals surface area contributed by atoms with Crippen LogP contribution in [0.3, 0.4) is 0 Å². The second kappa shape index (κ2) is 6.13. The maximum atomic E-state index is 13.4. The minimum atomic E-state index is -0.428. The Balaban J connectivity index is 1.65. The predicted molar refractivity (Wildman–Crippen MR) is 84.3 cm³/mol. The van der Waals surface area contributed by atoms with Crippen molar-refractivity contribution < 1.29 is 9.18 Å². The number of rotatable bonds is 6. The number of amides is 1. The Morgan fingerprint density at radius 2 is 2.13 bits per heavy atom. The van der Waals surface area contributed by atoms with Gasteiger partial charge in [-0.3, -0.25) is 9.78 Å². The van der Waals surface area contributed by atoms with Crippen molar-refractivity contribution in [3.05, 3.63) is 42.0 Å². The van der Waals surface area contributed by atoms with Gasteiger partial charge in [0, 0.05) is 49.0 Å². The number of carbonyl (C=O) groups is 1. The Morgan fingerprint density at radius 3 is 2.87 bits per heavy atom. The maximum Gasteiger partial charge on any atom is 0.253 e. The number of terminal acetylenes is 1. The third-order valence-corrected chi connectivity index (χ3v) is 3.83. The maximum absolute atomic E-state index is 13.4. The van der Waals surface area contributed by atoms with E-state index in [9.17, 15) is 9.18 Å². The van der Waals surface area contributed by atoms with Gasteiger partial charge in [-0.05, 0) is 18.2 Å². The van der Waals surface area contributed by atoms with Crippen molar-refractivity contribution in [1.82, 2.24) is 10.3 Å². The summed E-state index contributed by atoms with van der Waals surface area (Å²) in [4.78, 5) is 16.4. The van der Waals surface area contributed by atoms with E-state index in [-0.39, 0.29) is 11.7 Å². The smallest absolute Gasteiger partial charge is 0.253 e. The highest BCUT2D eigenvalue weighted by Crippen LogP contribution is 2.36. The predicted octanol–water partition coefficient (Wildman–Crippen LogP) is 3.07. The molecule has 1 aliphatic heterocycles. The van der Waals surface area contributed by atoms with Gasteiger partial charge in [-0.2, -0.15) is 10.2 Å². The summed E-state index contributed by atoms with van der Waals surface area (Å²) >= 11 is 0. The lowest BCUT2D eigenvalue weighted by Gasteiger charge is -2.11. The van der Waals surface area contributed by atoms with Crippen molar-refractivity contribution in [3.8, 4) is 12.3 Å². The van der Waals surface area contributed by atoms with E-state index in [0.717, 1.165) is 5.39 Å². The first-order valence-electron chi connectivity index (χ1n) is 7.32. The Morgan fingerprint density at radius 1 is 1.30 bits per heavy atom. The zero-order chi connectivity index (χ0) is 16.3. The van der Waals surface area contributed by atoms with Crippen molar-refractivity contribution in [1.29, 1.82) is 0 Å². The molecule has 0 spiro atoms. The number of nitrogens with zero attached hydrogens (tertiary/aromatic N) is 3. The van der Waals surface area contributed by atoms with E-state index in [4.69, 9.17) is 6.42 Å². The number of benzene rings is 1. The first kappa shape index (κ1) is 15.1. The van der Waals surface area contributed by atoms with Gasteiger partial charge < -0.3 is 5.32 Å². The van der Waals surface area contributed by atoms with Crippen LogP contribution in [-0.2, 0) is 0 Å². The molecule has 3 rings (SSSR count). The van der Waals surface area contributed by atoms with Gasteiger partial charge in [-0.15, -0.1) is 12.3 Å². The second-order valence-electron chi connectivity index (χ2n) is 5.44. The molecule has 0 radical (unpaired) electrons.